The van der Waals surface area contributed by atoms with Crippen LogP contribution < -0.4 is 10.2 Å². The molecule has 0 amide bonds. The fourth-order valence-electron chi connectivity index (χ4n) is 1.37. The third-order valence-electron chi connectivity index (χ3n) is 2.24. The van der Waals surface area contributed by atoms with Gasteiger partial charge in [-0.05, 0) is 31.2 Å². The predicted octanol–water partition coefficient (Wildman–Crippen LogP) is 1.82. The van der Waals surface area contributed by atoms with Crippen molar-refractivity contribution in [3.63, 3.8) is 0 Å². The molecule has 0 saturated carbocycles. The van der Waals surface area contributed by atoms with Crippen molar-refractivity contribution in [3.05, 3.63) is 23.9 Å². The van der Waals surface area contributed by atoms with Gasteiger partial charge in [0.1, 0.15) is 5.82 Å². The Balaban J connectivity index is 2.82. The summed E-state index contributed by atoms with van der Waals surface area (Å²) >= 11 is 0. The van der Waals surface area contributed by atoms with E-state index in [1.54, 1.807) is 0 Å². The van der Waals surface area contributed by atoms with Crippen molar-refractivity contribution < 1.29 is 0 Å². The average molecular weight is 193 g/mol. The van der Waals surface area contributed by atoms with Crippen LogP contribution in [0.25, 0.3) is 0 Å². The van der Waals surface area contributed by atoms with Gasteiger partial charge in [-0.3, -0.25) is 0 Å². The van der Waals surface area contributed by atoms with E-state index >= 15 is 0 Å². The minimum Gasteiger partial charge on any atom is -0.363 e. The van der Waals surface area contributed by atoms with E-state index in [0.717, 1.165) is 12.4 Å². The summed E-state index contributed by atoms with van der Waals surface area (Å²) in [5.74, 6) is 1.01. The normalized spacial score (nSPS) is 12.6. The molecule has 78 valence electrons. The van der Waals surface area contributed by atoms with Crippen molar-refractivity contribution in [1.29, 1.82) is 0 Å². The molecule has 0 aliphatic rings. The summed E-state index contributed by atoms with van der Waals surface area (Å²) in [7, 11) is 4.01. The number of hydrogen-bond acceptors (Lipinski definition) is 3. The SMILES string of the molecule is CCNC(C)c1ccnc(N(C)C)c1. The standard InChI is InChI=1S/C11H19N3/c1-5-12-9(2)10-6-7-13-11(8-10)14(3)4/h6-9,12H,5H2,1-4H3. The van der Waals surface area contributed by atoms with E-state index in [1.165, 1.54) is 5.56 Å². The number of anilines is 1. The molecule has 1 unspecified atom stereocenters. The topological polar surface area (TPSA) is 28.2 Å². The Morgan fingerprint density at radius 3 is 2.79 bits per heavy atom. The summed E-state index contributed by atoms with van der Waals surface area (Å²) in [6, 6.07) is 4.56. The molecular formula is C11H19N3. The second-order valence-electron chi connectivity index (χ2n) is 3.62. The van der Waals surface area contributed by atoms with Gasteiger partial charge in [-0.15, -0.1) is 0 Å². The van der Waals surface area contributed by atoms with Gasteiger partial charge in [-0.2, -0.15) is 0 Å². The Kier molecular flexibility index (Phi) is 3.89. The highest BCUT2D eigenvalue weighted by Crippen LogP contribution is 2.16. The molecule has 0 aliphatic heterocycles. The summed E-state index contributed by atoms with van der Waals surface area (Å²) < 4.78 is 0. The molecule has 0 aliphatic carbocycles. The first-order valence-corrected chi connectivity index (χ1v) is 5.01. The Morgan fingerprint density at radius 1 is 1.50 bits per heavy atom. The van der Waals surface area contributed by atoms with E-state index in [2.05, 4.69) is 36.3 Å². The van der Waals surface area contributed by atoms with E-state index in [1.807, 2.05) is 25.2 Å². The molecule has 0 bridgehead atoms. The largest absolute Gasteiger partial charge is 0.363 e. The van der Waals surface area contributed by atoms with Crippen LogP contribution in [0.3, 0.4) is 0 Å². The van der Waals surface area contributed by atoms with Crippen molar-refractivity contribution in [2.24, 2.45) is 0 Å². The van der Waals surface area contributed by atoms with Gasteiger partial charge in [0.15, 0.2) is 0 Å². The Hall–Kier alpha value is -1.09. The molecule has 0 radical (unpaired) electrons. The maximum Gasteiger partial charge on any atom is 0.128 e. The van der Waals surface area contributed by atoms with Gasteiger partial charge in [0, 0.05) is 26.3 Å². The summed E-state index contributed by atoms with van der Waals surface area (Å²) in [6.45, 7) is 5.27. The Bertz CT molecular complexity index is 284. The molecule has 1 aromatic heterocycles. The Labute approximate surface area is 86.2 Å². The summed E-state index contributed by atoms with van der Waals surface area (Å²) in [4.78, 5) is 6.30. The number of nitrogens with one attached hydrogen (secondary N) is 1. The highest BCUT2D eigenvalue weighted by Gasteiger charge is 2.05. The lowest BCUT2D eigenvalue weighted by molar-refractivity contribution is 0.597. The summed E-state index contributed by atoms with van der Waals surface area (Å²) in [5.41, 5.74) is 1.28. The maximum atomic E-state index is 4.28. The van der Waals surface area contributed by atoms with E-state index in [-0.39, 0.29) is 0 Å². The zero-order valence-electron chi connectivity index (χ0n) is 9.41. The van der Waals surface area contributed by atoms with Crippen molar-refractivity contribution in [1.82, 2.24) is 10.3 Å². The van der Waals surface area contributed by atoms with E-state index < -0.39 is 0 Å². The van der Waals surface area contributed by atoms with Crippen LogP contribution >= 0.6 is 0 Å². The summed E-state index contributed by atoms with van der Waals surface area (Å²) in [6.07, 6.45) is 1.86. The van der Waals surface area contributed by atoms with Crippen molar-refractivity contribution >= 4 is 5.82 Å². The van der Waals surface area contributed by atoms with Crippen molar-refractivity contribution in [2.75, 3.05) is 25.5 Å². The zero-order valence-corrected chi connectivity index (χ0v) is 9.41. The molecule has 3 heteroatoms. The third kappa shape index (κ3) is 2.70. The second kappa shape index (κ2) is 4.96. The van der Waals surface area contributed by atoms with Crippen LogP contribution in [-0.4, -0.2) is 25.6 Å². The van der Waals surface area contributed by atoms with Crippen LogP contribution in [0.15, 0.2) is 18.3 Å². The van der Waals surface area contributed by atoms with Crippen LogP contribution in [-0.2, 0) is 0 Å². The van der Waals surface area contributed by atoms with Crippen LogP contribution in [0.2, 0.25) is 0 Å². The number of nitrogens with zero attached hydrogens (tertiary/aromatic N) is 2. The molecule has 1 rings (SSSR count). The van der Waals surface area contributed by atoms with Crippen LogP contribution in [0, 0.1) is 0 Å². The van der Waals surface area contributed by atoms with Gasteiger partial charge in [-0.1, -0.05) is 6.92 Å². The van der Waals surface area contributed by atoms with Crippen molar-refractivity contribution in [2.45, 2.75) is 19.9 Å². The second-order valence-corrected chi connectivity index (χ2v) is 3.62. The monoisotopic (exact) mass is 193 g/mol. The first-order chi connectivity index (χ1) is 6.65. The quantitative estimate of drug-likeness (QED) is 0.790. The first-order valence-electron chi connectivity index (χ1n) is 5.01. The molecule has 1 heterocycles. The van der Waals surface area contributed by atoms with Crippen LogP contribution in [0.5, 0.6) is 0 Å². The minimum atomic E-state index is 0.390. The molecular weight excluding hydrogens is 174 g/mol. The minimum absolute atomic E-state index is 0.390. The molecule has 0 saturated heterocycles. The lowest BCUT2D eigenvalue weighted by Gasteiger charge is -2.16. The average Bonchev–Trinajstić information content (AvgIpc) is 2.18. The number of aromatic nitrogens is 1. The number of pyridine rings is 1. The fourth-order valence-corrected chi connectivity index (χ4v) is 1.37. The molecule has 1 atom stereocenters. The van der Waals surface area contributed by atoms with Crippen LogP contribution in [0.1, 0.15) is 25.5 Å². The molecule has 0 aromatic carbocycles. The van der Waals surface area contributed by atoms with Gasteiger partial charge in [0.25, 0.3) is 0 Å². The maximum absolute atomic E-state index is 4.28. The highest BCUT2D eigenvalue weighted by molar-refractivity contribution is 5.39. The Morgan fingerprint density at radius 2 is 2.21 bits per heavy atom. The fraction of sp³-hybridized carbons (Fsp3) is 0.545. The van der Waals surface area contributed by atoms with Gasteiger partial charge in [-0.25, -0.2) is 4.98 Å². The summed E-state index contributed by atoms with van der Waals surface area (Å²) in [5, 5.41) is 3.38. The molecule has 3 nitrogen and oxygen atoms in total. The van der Waals surface area contributed by atoms with E-state index in [0.29, 0.717) is 6.04 Å². The molecule has 14 heavy (non-hydrogen) atoms. The molecule has 0 spiro atoms. The number of hydrogen-bond donors (Lipinski definition) is 1. The van der Waals surface area contributed by atoms with Gasteiger partial charge in [0.05, 0.1) is 0 Å². The van der Waals surface area contributed by atoms with E-state index in [9.17, 15) is 0 Å². The zero-order chi connectivity index (χ0) is 10.6. The lowest BCUT2D eigenvalue weighted by atomic mass is 10.1. The van der Waals surface area contributed by atoms with E-state index in [4.69, 9.17) is 0 Å². The van der Waals surface area contributed by atoms with Crippen LogP contribution in [0.4, 0.5) is 5.82 Å². The molecule has 0 fully saturated rings. The predicted molar refractivity (Wildman–Crippen MR) is 60.7 cm³/mol. The van der Waals surface area contributed by atoms with Gasteiger partial charge < -0.3 is 10.2 Å². The lowest BCUT2D eigenvalue weighted by Crippen LogP contribution is -2.18. The van der Waals surface area contributed by atoms with Gasteiger partial charge in [0.2, 0.25) is 0 Å². The highest BCUT2D eigenvalue weighted by atomic mass is 15.1. The first kappa shape index (κ1) is 11.0. The third-order valence-corrected chi connectivity index (χ3v) is 2.24. The smallest absolute Gasteiger partial charge is 0.128 e. The molecule has 1 N–H and O–H groups in total. The van der Waals surface area contributed by atoms with Gasteiger partial charge >= 0.3 is 0 Å². The van der Waals surface area contributed by atoms with Crippen molar-refractivity contribution in [3.8, 4) is 0 Å². The molecule has 1 aromatic rings. The number of rotatable bonds is 4.